The number of nitrogens with one attached hydrogen (secondary N) is 4. The topological polar surface area (TPSA) is 98.5 Å². The number of hydrogen-bond acceptors (Lipinski definition) is 4. The Kier molecular flexibility index (Phi) is 5.07. The highest BCUT2D eigenvalue weighted by Crippen LogP contribution is 2.30. The van der Waals surface area contributed by atoms with Crippen LogP contribution < -0.4 is 10.6 Å². The van der Waals surface area contributed by atoms with Crippen molar-refractivity contribution in [3.8, 4) is 0 Å². The first kappa shape index (κ1) is 17.5. The minimum atomic E-state index is -4.42. The fraction of sp³-hybridized carbons (Fsp3) is 0.533. The van der Waals surface area contributed by atoms with Crippen molar-refractivity contribution in [2.24, 2.45) is 0 Å². The molecular weight excluding hydrogens is 337 g/mol. The SMILES string of the molecule is O=C(NCCCCc1cn[nH]c1C(F)(F)F)c1n[nH]c2c1CNCC2. The van der Waals surface area contributed by atoms with Crippen LogP contribution in [0.5, 0.6) is 0 Å². The Labute approximate surface area is 141 Å². The molecule has 1 amide bonds. The van der Waals surface area contributed by atoms with Crippen molar-refractivity contribution < 1.29 is 18.0 Å². The van der Waals surface area contributed by atoms with Crippen molar-refractivity contribution in [3.05, 3.63) is 34.4 Å². The molecule has 0 bridgehead atoms. The van der Waals surface area contributed by atoms with Crippen LogP contribution in [0.2, 0.25) is 0 Å². The first-order chi connectivity index (χ1) is 12.0. The molecule has 0 atom stereocenters. The molecule has 0 aliphatic carbocycles. The third-order valence-electron chi connectivity index (χ3n) is 4.18. The average molecular weight is 356 g/mol. The number of amides is 1. The number of fused-ring (bicyclic) bond motifs is 1. The summed E-state index contributed by atoms with van der Waals surface area (Å²) >= 11 is 0. The summed E-state index contributed by atoms with van der Waals surface area (Å²) in [6.45, 7) is 1.84. The Hall–Kier alpha value is -2.36. The van der Waals surface area contributed by atoms with Gasteiger partial charge in [0.15, 0.2) is 5.69 Å². The summed E-state index contributed by atoms with van der Waals surface area (Å²) in [7, 11) is 0. The first-order valence-electron chi connectivity index (χ1n) is 8.11. The van der Waals surface area contributed by atoms with Gasteiger partial charge in [-0.3, -0.25) is 15.0 Å². The number of H-pyrrole nitrogens is 2. The standard InChI is InChI=1S/C15H19F3N6O/c16-15(17,18)13-9(7-21-24-13)3-1-2-5-20-14(25)12-10-8-19-6-4-11(10)22-23-12/h7,19H,1-6,8H2,(H,20,25)(H,21,24)(H,22,23). The average Bonchev–Trinajstić information content (AvgIpc) is 3.20. The van der Waals surface area contributed by atoms with Crippen LogP contribution in [-0.4, -0.2) is 39.4 Å². The molecule has 2 aromatic heterocycles. The van der Waals surface area contributed by atoms with Gasteiger partial charge in [-0.05, 0) is 19.3 Å². The summed E-state index contributed by atoms with van der Waals surface area (Å²) in [5, 5.41) is 18.3. The molecule has 2 aromatic rings. The van der Waals surface area contributed by atoms with E-state index in [4.69, 9.17) is 0 Å². The number of halogens is 3. The molecule has 25 heavy (non-hydrogen) atoms. The van der Waals surface area contributed by atoms with Crippen molar-refractivity contribution in [1.82, 2.24) is 31.0 Å². The number of carbonyl (C=O) groups is 1. The van der Waals surface area contributed by atoms with Crippen LogP contribution in [0.1, 0.15) is 45.8 Å². The van der Waals surface area contributed by atoms with Gasteiger partial charge < -0.3 is 10.6 Å². The smallest absolute Gasteiger partial charge is 0.351 e. The molecule has 3 heterocycles. The van der Waals surface area contributed by atoms with Crippen molar-refractivity contribution in [1.29, 1.82) is 0 Å². The molecular formula is C15H19F3N6O. The molecule has 0 unspecified atom stereocenters. The summed E-state index contributed by atoms with van der Waals surface area (Å²) in [4.78, 5) is 12.2. The summed E-state index contributed by atoms with van der Waals surface area (Å²) in [6.07, 6.45) is -1.08. The number of aromatic amines is 2. The van der Waals surface area contributed by atoms with Crippen molar-refractivity contribution in [2.45, 2.75) is 38.4 Å². The van der Waals surface area contributed by atoms with Gasteiger partial charge >= 0.3 is 6.18 Å². The third kappa shape index (κ3) is 4.01. The van der Waals surface area contributed by atoms with Crippen LogP contribution in [0.4, 0.5) is 13.2 Å². The van der Waals surface area contributed by atoms with Crippen molar-refractivity contribution in [2.75, 3.05) is 13.1 Å². The second-order valence-electron chi connectivity index (χ2n) is 5.94. The number of unbranched alkanes of at least 4 members (excludes halogenated alkanes) is 1. The molecule has 3 rings (SSSR count). The Balaban J connectivity index is 1.44. The van der Waals surface area contributed by atoms with E-state index >= 15 is 0 Å². The van der Waals surface area contributed by atoms with Crippen LogP contribution in [0.15, 0.2) is 6.20 Å². The van der Waals surface area contributed by atoms with Crippen LogP contribution in [0.3, 0.4) is 0 Å². The van der Waals surface area contributed by atoms with Gasteiger partial charge in [0.05, 0.1) is 6.20 Å². The highest BCUT2D eigenvalue weighted by atomic mass is 19.4. The molecule has 0 fully saturated rings. The van der Waals surface area contributed by atoms with E-state index in [-0.39, 0.29) is 17.9 Å². The van der Waals surface area contributed by atoms with E-state index in [0.717, 1.165) is 24.2 Å². The number of rotatable bonds is 6. The van der Waals surface area contributed by atoms with Crippen molar-refractivity contribution in [3.63, 3.8) is 0 Å². The van der Waals surface area contributed by atoms with Gasteiger partial charge in [0.1, 0.15) is 5.69 Å². The number of alkyl halides is 3. The Bertz CT molecular complexity index is 736. The Morgan fingerprint density at radius 2 is 2.12 bits per heavy atom. The van der Waals surface area contributed by atoms with E-state index in [2.05, 4.69) is 25.9 Å². The first-order valence-corrected chi connectivity index (χ1v) is 8.11. The summed E-state index contributed by atoms with van der Waals surface area (Å²) in [5.41, 5.74) is 1.59. The van der Waals surface area contributed by atoms with Gasteiger partial charge in [-0.2, -0.15) is 23.4 Å². The van der Waals surface area contributed by atoms with Gasteiger partial charge in [0, 0.05) is 42.9 Å². The Morgan fingerprint density at radius 1 is 1.28 bits per heavy atom. The molecule has 0 saturated heterocycles. The summed E-state index contributed by atoms with van der Waals surface area (Å²) in [6, 6.07) is 0. The molecule has 0 saturated carbocycles. The lowest BCUT2D eigenvalue weighted by atomic mass is 10.1. The lowest BCUT2D eigenvalue weighted by molar-refractivity contribution is -0.141. The minimum Gasteiger partial charge on any atom is -0.351 e. The number of carbonyl (C=O) groups excluding carboxylic acids is 1. The molecule has 1 aliphatic rings. The fourth-order valence-corrected chi connectivity index (χ4v) is 2.89. The van der Waals surface area contributed by atoms with E-state index in [1.807, 2.05) is 5.10 Å². The van der Waals surface area contributed by atoms with E-state index in [0.29, 0.717) is 31.6 Å². The zero-order valence-corrected chi connectivity index (χ0v) is 13.5. The monoisotopic (exact) mass is 356 g/mol. The number of hydrogen-bond donors (Lipinski definition) is 4. The highest BCUT2D eigenvalue weighted by molar-refractivity contribution is 5.94. The van der Waals surface area contributed by atoms with Gasteiger partial charge in [0.25, 0.3) is 5.91 Å². The minimum absolute atomic E-state index is 0.145. The molecule has 0 aromatic carbocycles. The molecule has 0 spiro atoms. The quantitative estimate of drug-likeness (QED) is 0.590. The number of aromatic nitrogens is 4. The summed E-state index contributed by atoms with van der Waals surface area (Å²) in [5.74, 6) is -0.263. The zero-order valence-electron chi connectivity index (χ0n) is 13.5. The van der Waals surface area contributed by atoms with E-state index < -0.39 is 11.9 Å². The van der Waals surface area contributed by atoms with E-state index in [1.54, 1.807) is 0 Å². The predicted molar refractivity (Wildman–Crippen MR) is 82.9 cm³/mol. The highest BCUT2D eigenvalue weighted by Gasteiger charge is 2.35. The van der Waals surface area contributed by atoms with Gasteiger partial charge in [-0.25, -0.2) is 0 Å². The van der Waals surface area contributed by atoms with Crippen molar-refractivity contribution >= 4 is 5.91 Å². The largest absolute Gasteiger partial charge is 0.433 e. The third-order valence-corrected chi connectivity index (χ3v) is 4.18. The van der Waals surface area contributed by atoms with Gasteiger partial charge in [-0.15, -0.1) is 0 Å². The van der Waals surface area contributed by atoms with Gasteiger partial charge in [0.2, 0.25) is 0 Å². The lowest BCUT2D eigenvalue weighted by Gasteiger charge is -2.12. The van der Waals surface area contributed by atoms with Crippen LogP contribution in [0, 0.1) is 0 Å². The number of aryl methyl sites for hydroxylation is 1. The maximum absolute atomic E-state index is 12.7. The normalized spacial score (nSPS) is 14.4. The van der Waals surface area contributed by atoms with Crippen LogP contribution >= 0.6 is 0 Å². The zero-order chi connectivity index (χ0) is 17.9. The lowest BCUT2D eigenvalue weighted by Crippen LogP contribution is -2.29. The maximum atomic E-state index is 12.7. The number of nitrogens with zero attached hydrogens (tertiary/aromatic N) is 2. The second-order valence-corrected chi connectivity index (χ2v) is 5.94. The van der Waals surface area contributed by atoms with E-state index in [1.165, 1.54) is 6.20 Å². The fourth-order valence-electron chi connectivity index (χ4n) is 2.89. The maximum Gasteiger partial charge on any atom is 0.433 e. The molecule has 7 nitrogen and oxygen atoms in total. The van der Waals surface area contributed by atoms with E-state index in [9.17, 15) is 18.0 Å². The molecule has 0 radical (unpaired) electrons. The summed E-state index contributed by atoms with van der Waals surface area (Å²) < 4.78 is 38.1. The molecule has 10 heteroatoms. The van der Waals surface area contributed by atoms with Gasteiger partial charge in [-0.1, -0.05) is 0 Å². The van der Waals surface area contributed by atoms with Crippen LogP contribution in [0.25, 0.3) is 0 Å². The molecule has 136 valence electrons. The molecule has 1 aliphatic heterocycles. The molecule has 4 N–H and O–H groups in total. The van der Waals surface area contributed by atoms with Crippen LogP contribution in [-0.2, 0) is 25.6 Å². The Morgan fingerprint density at radius 3 is 2.92 bits per heavy atom. The predicted octanol–water partition coefficient (Wildman–Crippen LogP) is 1.55. The second kappa shape index (κ2) is 7.26.